The number of benzene rings is 1. The van der Waals surface area contributed by atoms with Crippen LogP contribution >= 0.6 is 11.6 Å². The molecule has 0 aliphatic heterocycles. The number of hydrogen-bond donors (Lipinski definition) is 1. The van der Waals surface area contributed by atoms with Crippen LogP contribution in [0.1, 0.15) is 44.2 Å². The Bertz CT molecular complexity index is 591. The maximum atomic E-state index is 6.31. The highest BCUT2D eigenvalue weighted by Crippen LogP contribution is 2.31. The molecule has 0 atom stereocenters. The average molecular weight is 277 g/mol. The van der Waals surface area contributed by atoms with E-state index in [0.717, 1.165) is 34.7 Å². The predicted octanol–water partition coefficient (Wildman–Crippen LogP) is 5.14. The van der Waals surface area contributed by atoms with Crippen LogP contribution in [0.2, 0.25) is 5.02 Å². The number of anilines is 1. The molecule has 0 aliphatic carbocycles. The van der Waals surface area contributed by atoms with E-state index in [2.05, 4.69) is 45.1 Å². The molecule has 3 heteroatoms. The molecule has 19 heavy (non-hydrogen) atoms. The minimum Gasteiger partial charge on any atom is -0.370 e. The van der Waals surface area contributed by atoms with Crippen molar-refractivity contribution in [3.63, 3.8) is 0 Å². The summed E-state index contributed by atoms with van der Waals surface area (Å²) in [7, 11) is 0. The van der Waals surface area contributed by atoms with Crippen molar-refractivity contribution in [1.29, 1.82) is 0 Å². The van der Waals surface area contributed by atoms with E-state index in [4.69, 9.17) is 16.6 Å². The second kappa shape index (κ2) is 5.79. The number of fused-ring (bicyclic) bond motifs is 1. The van der Waals surface area contributed by atoms with Gasteiger partial charge in [0.2, 0.25) is 0 Å². The van der Waals surface area contributed by atoms with Gasteiger partial charge in [-0.15, -0.1) is 0 Å². The third-order valence-electron chi connectivity index (χ3n) is 3.21. The average Bonchev–Trinajstić information content (AvgIpc) is 2.35. The summed E-state index contributed by atoms with van der Waals surface area (Å²) in [6, 6.07) is 6.32. The summed E-state index contributed by atoms with van der Waals surface area (Å²) in [6.07, 6.45) is 1.08. The minimum atomic E-state index is 0.440. The molecule has 1 aromatic heterocycles. The van der Waals surface area contributed by atoms with E-state index < -0.39 is 0 Å². The maximum absolute atomic E-state index is 6.31. The molecule has 0 saturated carbocycles. The molecule has 2 nitrogen and oxygen atoms in total. The van der Waals surface area contributed by atoms with Gasteiger partial charge < -0.3 is 5.32 Å². The molecular formula is C16H21ClN2. The lowest BCUT2D eigenvalue weighted by molar-refractivity contribution is 0.856. The van der Waals surface area contributed by atoms with Crippen LogP contribution in [-0.4, -0.2) is 11.5 Å². The molecule has 0 amide bonds. The fourth-order valence-corrected chi connectivity index (χ4v) is 2.55. The Morgan fingerprint density at radius 2 is 2.00 bits per heavy atom. The topological polar surface area (TPSA) is 24.9 Å². The summed E-state index contributed by atoms with van der Waals surface area (Å²) >= 11 is 6.31. The first-order chi connectivity index (χ1) is 9.02. The fourth-order valence-electron chi connectivity index (χ4n) is 2.23. The van der Waals surface area contributed by atoms with E-state index in [0.29, 0.717) is 5.92 Å². The van der Waals surface area contributed by atoms with E-state index in [1.807, 2.05) is 6.07 Å². The highest BCUT2D eigenvalue weighted by Gasteiger charge is 2.12. The van der Waals surface area contributed by atoms with Gasteiger partial charge in [0.15, 0.2) is 0 Å². The Balaban J connectivity index is 2.62. The number of halogens is 1. The number of hydrogen-bond acceptors (Lipinski definition) is 2. The lowest BCUT2D eigenvalue weighted by Crippen LogP contribution is -2.06. The van der Waals surface area contributed by atoms with Crippen LogP contribution < -0.4 is 5.32 Å². The molecule has 2 aromatic rings. The lowest BCUT2D eigenvalue weighted by atomic mass is 10.0. The molecular weight excluding hydrogens is 256 g/mol. The van der Waals surface area contributed by atoms with Crippen LogP contribution in [0.5, 0.6) is 0 Å². The number of aryl methyl sites for hydroxylation is 1. The fraction of sp³-hybridized carbons (Fsp3) is 0.438. The number of nitrogens with one attached hydrogen (secondary N) is 1. The number of aromatic nitrogens is 1. The van der Waals surface area contributed by atoms with Gasteiger partial charge in [0.1, 0.15) is 5.82 Å². The summed E-state index contributed by atoms with van der Waals surface area (Å²) in [5.74, 6) is 1.41. The summed E-state index contributed by atoms with van der Waals surface area (Å²) in [6.45, 7) is 9.53. The van der Waals surface area contributed by atoms with Crippen molar-refractivity contribution >= 4 is 28.3 Å². The standard InChI is InChI=1S/C16H21ClN2/c1-5-6-18-16-13(10(2)3)9-12-7-11(4)8-14(17)15(12)19-16/h7-10H,5-6H2,1-4H3,(H,18,19). The Morgan fingerprint density at radius 3 is 2.63 bits per heavy atom. The van der Waals surface area contributed by atoms with Crippen molar-refractivity contribution in [1.82, 2.24) is 4.98 Å². The molecule has 102 valence electrons. The largest absolute Gasteiger partial charge is 0.370 e. The summed E-state index contributed by atoms with van der Waals surface area (Å²) in [5.41, 5.74) is 3.31. The highest BCUT2D eigenvalue weighted by molar-refractivity contribution is 6.35. The van der Waals surface area contributed by atoms with Crippen molar-refractivity contribution in [3.8, 4) is 0 Å². The normalized spacial score (nSPS) is 11.3. The van der Waals surface area contributed by atoms with Crippen molar-refractivity contribution < 1.29 is 0 Å². The first kappa shape index (κ1) is 14.1. The van der Waals surface area contributed by atoms with Crippen LogP contribution in [0, 0.1) is 6.92 Å². The third-order valence-corrected chi connectivity index (χ3v) is 3.50. The second-order valence-electron chi connectivity index (χ2n) is 5.33. The SMILES string of the molecule is CCCNc1nc2c(Cl)cc(C)cc2cc1C(C)C. The van der Waals surface area contributed by atoms with Gasteiger partial charge in [0, 0.05) is 11.9 Å². The molecule has 1 aromatic carbocycles. The lowest BCUT2D eigenvalue weighted by Gasteiger charge is -2.15. The molecule has 0 bridgehead atoms. The monoisotopic (exact) mass is 276 g/mol. The summed E-state index contributed by atoms with van der Waals surface area (Å²) in [4.78, 5) is 4.73. The molecule has 0 spiro atoms. The van der Waals surface area contributed by atoms with E-state index in [1.54, 1.807) is 0 Å². The Morgan fingerprint density at radius 1 is 1.26 bits per heavy atom. The molecule has 1 N–H and O–H groups in total. The number of nitrogens with zero attached hydrogens (tertiary/aromatic N) is 1. The van der Waals surface area contributed by atoms with Gasteiger partial charge in [-0.25, -0.2) is 4.98 Å². The van der Waals surface area contributed by atoms with Gasteiger partial charge in [-0.3, -0.25) is 0 Å². The van der Waals surface area contributed by atoms with E-state index >= 15 is 0 Å². The van der Waals surface area contributed by atoms with Gasteiger partial charge in [0.25, 0.3) is 0 Å². The Kier molecular flexibility index (Phi) is 4.31. The van der Waals surface area contributed by atoms with E-state index in [-0.39, 0.29) is 0 Å². The zero-order valence-corrected chi connectivity index (χ0v) is 12.8. The quantitative estimate of drug-likeness (QED) is 0.836. The molecule has 1 heterocycles. The molecule has 0 fully saturated rings. The summed E-state index contributed by atoms with van der Waals surface area (Å²) < 4.78 is 0. The molecule has 0 unspecified atom stereocenters. The van der Waals surface area contributed by atoms with E-state index in [1.165, 1.54) is 11.1 Å². The van der Waals surface area contributed by atoms with Gasteiger partial charge in [-0.1, -0.05) is 32.4 Å². The van der Waals surface area contributed by atoms with Gasteiger partial charge in [0.05, 0.1) is 10.5 Å². The molecule has 0 radical (unpaired) electrons. The van der Waals surface area contributed by atoms with Crippen LogP contribution in [-0.2, 0) is 0 Å². The Labute approximate surface area is 120 Å². The van der Waals surface area contributed by atoms with Crippen LogP contribution in [0.4, 0.5) is 5.82 Å². The highest BCUT2D eigenvalue weighted by atomic mass is 35.5. The van der Waals surface area contributed by atoms with Gasteiger partial charge in [-0.05, 0) is 48.6 Å². The molecule has 0 saturated heterocycles. The van der Waals surface area contributed by atoms with Crippen molar-refractivity contribution in [3.05, 3.63) is 34.3 Å². The smallest absolute Gasteiger partial charge is 0.130 e. The summed E-state index contributed by atoms with van der Waals surface area (Å²) in [5, 5.41) is 5.26. The van der Waals surface area contributed by atoms with Crippen molar-refractivity contribution in [2.75, 3.05) is 11.9 Å². The third kappa shape index (κ3) is 3.01. The number of pyridine rings is 1. The van der Waals surface area contributed by atoms with Crippen molar-refractivity contribution in [2.45, 2.75) is 40.0 Å². The zero-order chi connectivity index (χ0) is 14.0. The second-order valence-corrected chi connectivity index (χ2v) is 5.73. The van der Waals surface area contributed by atoms with Crippen LogP contribution in [0.15, 0.2) is 18.2 Å². The molecule has 2 rings (SSSR count). The van der Waals surface area contributed by atoms with E-state index in [9.17, 15) is 0 Å². The van der Waals surface area contributed by atoms with Gasteiger partial charge in [-0.2, -0.15) is 0 Å². The first-order valence-corrected chi connectivity index (χ1v) is 7.25. The molecule has 0 aliphatic rings. The minimum absolute atomic E-state index is 0.440. The number of rotatable bonds is 4. The van der Waals surface area contributed by atoms with Crippen LogP contribution in [0.25, 0.3) is 10.9 Å². The Hall–Kier alpha value is -1.28. The zero-order valence-electron chi connectivity index (χ0n) is 12.0. The van der Waals surface area contributed by atoms with Crippen LogP contribution in [0.3, 0.4) is 0 Å². The predicted molar refractivity (Wildman–Crippen MR) is 84.4 cm³/mol. The first-order valence-electron chi connectivity index (χ1n) is 6.87. The van der Waals surface area contributed by atoms with Gasteiger partial charge >= 0.3 is 0 Å². The van der Waals surface area contributed by atoms with Crippen molar-refractivity contribution in [2.24, 2.45) is 0 Å². The maximum Gasteiger partial charge on any atom is 0.130 e.